The number of benzene rings is 1. The van der Waals surface area contributed by atoms with Crippen molar-refractivity contribution in [1.82, 2.24) is 5.32 Å². The van der Waals surface area contributed by atoms with Gasteiger partial charge in [0.15, 0.2) is 0 Å². The lowest BCUT2D eigenvalue weighted by molar-refractivity contribution is 0.0698. The average molecular weight is 331 g/mol. The highest BCUT2D eigenvalue weighted by Gasteiger charge is 2.16. The third kappa shape index (κ3) is 5.85. The van der Waals surface area contributed by atoms with Crippen molar-refractivity contribution in [2.75, 3.05) is 16.8 Å². The molecule has 0 aliphatic heterocycles. The second-order valence-corrected chi connectivity index (χ2v) is 6.25. The lowest BCUT2D eigenvalue weighted by Crippen LogP contribution is -2.36. The van der Waals surface area contributed by atoms with Crippen LogP contribution < -0.4 is 10.6 Å². The number of carbonyl (C=O) groups excluding carboxylic acids is 1. The third-order valence-corrected chi connectivity index (χ3v) is 4.00. The van der Waals surface area contributed by atoms with Crippen LogP contribution in [-0.4, -0.2) is 34.7 Å². The van der Waals surface area contributed by atoms with Gasteiger partial charge < -0.3 is 15.7 Å². The summed E-state index contributed by atoms with van der Waals surface area (Å²) in [4.78, 5) is 23.0. The summed E-state index contributed by atoms with van der Waals surface area (Å²) in [5, 5.41) is 14.5. The van der Waals surface area contributed by atoms with Crippen molar-refractivity contribution in [2.24, 2.45) is 0 Å². The number of urea groups is 1. The maximum Gasteiger partial charge on any atom is 0.339 e. The van der Waals surface area contributed by atoms with Crippen LogP contribution in [0.1, 0.15) is 30.6 Å². The third-order valence-electron chi connectivity index (χ3n) is 2.75. The largest absolute Gasteiger partial charge is 0.478 e. The molecule has 0 heterocycles. The Labute approximate surface area is 133 Å². The highest BCUT2D eigenvalue weighted by Crippen LogP contribution is 2.24. The van der Waals surface area contributed by atoms with Crippen LogP contribution in [0.25, 0.3) is 0 Å². The monoisotopic (exact) mass is 330 g/mol. The van der Waals surface area contributed by atoms with E-state index in [0.29, 0.717) is 0 Å². The molecule has 21 heavy (non-hydrogen) atoms. The fourth-order valence-electron chi connectivity index (χ4n) is 1.70. The normalized spacial score (nSPS) is 11.8. The van der Waals surface area contributed by atoms with Gasteiger partial charge in [-0.3, -0.25) is 0 Å². The molecular weight excluding hydrogens is 312 g/mol. The van der Waals surface area contributed by atoms with Crippen molar-refractivity contribution in [3.05, 3.63) is 28.8 Å². The molecule has 0 aliphatic rings. The molecule has 0 saturated carbocycles. The van der Waals surface area contributed by atoms with Crippen molar-refractivity contribution in [3.8, 4) is 0 Å². The Kier molecular flexibility index (Phi) is 7.39. The van der Waals surface area contributed by atoms with Crippen molar-refractivity contribution in [1.29, 1.82) is 0 Å². The number of nitrogens with one attached hydrogen (secondary N) is 2. The number of hydrogen-bond acceptors (Lipinski definition) is 3. The molecule has 3 N–H and O–H groups in total. The van der Waals surface area contributed by atoms with Gasteiger partial charge in [0.2, 0.25) is 0 Å². The number of rotatable bonds is 7. The maximum absolute atomic E-state index is 11.9. The van der Waals surface area contributed by atoms with E-state index in [-0.39, 0.29) is 22.3 Å². The molecular formula is C14H19ClN2O3S. The Morgan fingerprint density at radius 3 is 2.76 bits per heavy atom. The number of halogens is 1. The molecule has 0 spiro atoms. The molecule has 1 rings (SSSR count). The molecule has 0 aliphatic carbocycles. The topological polar surface area (TPSA) is 78.4 Å². The van der Waals surface area contributed by atoms with E-state index in [4.69, 9.17) is 16.7 Å². The quantitative estimate of drug-likeness (QED) is 0.666. The van der Waals surface area contributed by atoms with Gasteiger partial charge in [-0.25, -0.2) is 9.59 Å². The Morgan fingerprint density at radius 2 is 2.14 bits per heavy atom. The molecule has 0 bridgehead atoms. The fraction of sp³-hybridized carbons (Fsp3) is 0.429. The Hall–Kier alpha value is -1.40. The van der Waals surface area contributed by atoms with Gasteiger partial charge >= 0.3 is 12.0 Å². The van der Waals surface area contributed by atoms with Crippen LogP contribution in [0, 0.1) is 0 Å². The molecule has 0 aromatic heterocycles. The van der Waals surface area contributed by atoms with Crippen molar-refractivity contribution < 1.29 is 14.7 Å². The van der Waals surface area contributed by atoms with Gasteiger partial charge in [0.05, 0.1) is 10.7 Å². The zero-order valence-corrected chi connectivity index (χ0v) is 13.6. The molecule has 1 unspecified atom stereocenters. The number of carboxylic acids is 1. The standard InChI is InChI=1S/C14H19ClN2O3S/c1-3-21-8-7-9(2)16-14(20)17-11-6-4-5-10(15)12(11)13(18)19/h4-6,9H,3,7-8H2,1-2H3,(H,18,19)(H2,16,17,20). The lowest BCUT2D eigenvalue weighted by atomic mass is 10.2. The minimum Gasteiger partial charge on any atom is -0.478 e. The van der Waals surface area contributed by atoms with Gasteiger partial charge in [-0.1, -0.05) is 24.6 Å². The fourth-order valence-corrected chi connectivity index (χ4v) is 2.77. The summed E-state index contributed by atoms with van der Waals surface area (Å²) in [6.07, 6.45) is 0.854. The van der Waals surface area contributed by atoms with Gasteiger partial charge in [0.25, 0.3) is 0 Å². The second-order valence-electron chi connectivity index (χ2n) is 4.45. The number of amides is 2. The molecule has 1 aromatic carbocycles. The number of carbonyl (C=O) groups is 2. The number of carboxylic acid groups (broad SMARTS) is 1. The summed E-state index contributed by atoms with van der Waals surface area (Å²) in [5.41, 5.74) is 0.0751. The summed E-state index contributed by atoms with van der Waals surface area (Å²) in [7, 11) is 0. The van der Waals surface area contributed by atoms with Gasteiger partial charge in [-0.05, 0) is 37.0 Å². The molecule has 116 valence electrons. The minimum absolute atomic E-state index is 0.0107. The lowest BCUT2D eigenvalue weighted by Gasteiger charge is -2.15. The first-order valence-corrected chi connectivity index (χ1v) is 8.16. The Balaban J connectivity index is 2.63. The first kappa shape index (κ1) is 17.7. The second kappa shape index (κ2) is 8.79. The van der Waals surface area contributed by atoms with E-state index in [1.165, 1.54) is 12.1 Å². The van der Waals surface area contributed by atoms with Crippen molar-refractivity contribution in [2.45, 2.75) is 26.3 Å². The van der Waals surface area contributed by atoms with E-state index in [0.717, 1.165) is 17.9 Å². The zero-order chi connectivity index (χ0) is 15.8. The molecule has 5 nitrogen and oxygen atoms in total. The zero-order valence-electron chi connectivity index (χ0n) is 12.0. The molecule has 1 atom stereocenters. The minimum atomic E-state index is -1.18. The summed E-state index contributed by atoms with van der Waals surface area (Å²) in [6.45, 7) is 3.99. The predicted molar refractivity (Wildman–Crippen MR) is 87.6 cm³/mol. The Morgan fingerprint density at radius 1 is 1.43 bits per heavy atom. The van der Waals surface area contributed by atoms with Crippen LogP contribution in [0.4, 0.5) is 10.5 Å². The average Bonchev–Trinajstić information content (AvgIpc) is 2.38. The number of hydrogen-bond donors (Lipinski definition) is 3. The van der Waals surface area contributed by atoms with E-state index < -0.39 is 12.0 Å². The maximum atomic E-state index is 11.9. The van der Waals surface area contributed by atoms with Crippen molar-refractivity contribution >= 4 is 41.1 Å². The van der Waals surface area contributed by atoms with Gasteiger partial charge in [0.1, 0.15) is 5.56 Å². The van der Waals surface area contributed by atoms with Gasteiger partial charge in [-0.2, -0.15) is 11.8 Å². The molecule has 0 saturated heterocycles. The van der Waals surface area contributed by atoms with Crippen LogP contribution in [-0.2, 0) is 0 Å². The predicted octanol–water partition coefficient (Wildman–Crippen LogP) is 3.69. The molecule has 0 fully saturated rings. The summed E-state index contributed by atoms with van der Waals surface area (Å²) >= 11 is 7.65. The number of aromatic carboxylic acids is 1. The van der Waals surface area contributed by atoms with E-state index in [1.54, 1.807) is 6.07 Å². The van der Waals surface area contributed by atoms with Gasteiger partial charge in [0, 0.05) is 6.04 Å². The summed E-state index contributed by atoms with van der Waals surface area (Å²) in [5.74, 6) is 0.835. The number of anilines is 1. The van der Waals surface area contributed by atoms with E-state index in [1.807, 2.05) is 18.7 Å². The smallest absolute Gasteiger partial charge is 0.339 e. The summed E-state index contributed by atoms with van der Waals surface area (Å²) < 4.78 is 0. The van der Waals surface area contributed by atoms with Crippen LogP contribution in [0.5, 0.6) is 0 Å². The van der Waals surface area contributed by atoms with Gasteiger partial charge in [-0.15, -0.1) is 0 Å². The first-order chi connectivity index (χ1) is 9.95. The van der Waals surface area contributed by atoms with Crippen molar-refractivity contribution in [3.63, 3.8) is 0 Å². The van der Waals surface area contributed by atoms with E-state index >= 15 is 0 Å². The molecule has 7 heteroatoms. The molecule has 0 radical (unpaired) electrons. The first-order valence-electron chi connectivity index (χ1n) is 6.62. The SMILES string of the molecule is CCSCCC(C)NC(=O)Nc1cccc(Cl)c1C(=O)O. The van der Waals surface area contributed by atoms with Crippen LogP contribution in [0.2, 0.25) is 5.02 Å². The van der Waals surface area contributed by atoms with Crippen LogP contribution in [0.3, 0.4) is 0 Å². The van der Waals surface area contributed by atoms with E-state index in [2.05, 4.69) is 17.6 Å². The number of thioether (sulfide) groups is 1. The van der Waals surface area contributed by atoms with Crippen LogP contribution >= 0.6 is 23.4 Å². The highest BCUT2D eigenvalue weighted by atomic mass is 35.5. The highest BCUT2D eigenvalue weighted by molar-refractivity contribution is 7.99. The van der Waals surface area contributed by atoms with E-state index in [9.17, 15) is 9.59 Å². The molecule has 1 aromatic rings. The molecule has 2 amide bonds. The summed E-state index contributed by atoms with van der Waals surface area (Å²) in [6, 6.07) is 4.14. The Bertz CT molecular complexity index is 511. The van der Waals surface area contributed by atoms with Crippen LogP contribution in [0.15, 0.2) is 18.2 Å².